The van der Waals surface area contributed by atoms with Gasteiger partial charge in [-0.1, -0.05) is 37.5 Å². The molecule has 0 spiro atoms. The van der Waals surface area contributed by atoms with Crippen molar-refractivity contribution in [3.05, 3.63) is 22.0 Å². The van der Waals surface area contributed by atoms with Gasteiger partial charge in [-0.25, -0.2) is 8.42 Å². The number of piperidine rings is 1. The molecule has 0 bridgehead atoms. The van der Waals surface area contributed by atoms with E-state index in [1.165, 1.54) is 22.7 Å². The maximum atomic E-state index is 12.7. The number of carbonyl (C=O) groups is 1. The number of aryl methyl sites for hydroxylation is 1. The standard InChI is InChI=1S/C18H26N4O3S3/c1-2-3-5-8-16-20-21-18(27-16)19-15(23)13-14-9-10-17(26-14)28(24,25)22-11-6-4-7-12-22/h9-10H,2-8,11-13H2,1H3,(H,19,21,23). The molecule has 0 saturated carbocycles. The number of nitrogens with one attached hydrogen (secondary N) is 1. The molecule has 1 fully saturated rings. The van der Waals surface area contributed by atoms with Gasteiger partial charge in [0.05, 0.1) is 6.42 Å². The molecule has 1 saturated heterocycles. The van der Waals surface area contributed by atoms with Gasteiger partial charge in [0.2, 0.25) is 11.0 Å². The van der Waals surface area contributed by atoms with E-state index in [-0.39, 0.29) is 12.3 Å². The van der Waals surface area contributed by atoms with Crippen molar-refractivity contribution in [2.45, 2.75) is 62.5 Å². The predicted octanol–water partition coefficient (Wildman–Crippen LogP) is 3.69. The minimum absolute atomic E-state index is 0.130. The number of hydrogen-bond acceptors (Lipinski definition) is 7. The van der Waals surface area contributed by atoms with Gasteiger partial charge in [-0.3, -0.25) is 4.79 Å². The molecule has 28 heavy (non-hydrogen) atoms. The van der Waals surface area contributed by atoms with Crippen LogP contribution in [0.3, 0.4) is 0 Å². The van der Waals surface area contributed by atoms with E-state index < -0.39 is 10.0 Å². The van der Waals surface area contributed by atoms with Crippen molar-refractivity contribution in [3.63, 3.8) is 0 Å². The zero-order valence-corrected chi connectivity index (χ0v) is 18.5. The first-order valence-corrected chi connectivity index (χ1v) is 12.8. The van der Waals surface area contributed by atoms with Crippen molar-refractivity contribution in [1.82, 2.24) is 14.5 Å². The summed E-state index contributed by atoms with van der Waals surface area (Å²) < 4.78 is 27.3. The highest BCUT2D eigenvalue weighted by molar-refractivity contribution is 7.91. The van der Waals surface area contributed by atoms with Crippen LogP contribution in [0, 0.1) is 0 Å². The van der Waals surface area contributed by atoms with Crippen LogP contribution in [0.15, 0.2) is 16.3 Å². The van der Waals surface area contributed by atoms with Crippen molar-refractivity contribution in [2.75, 3.05) is 18.4 Å². The van der Waals surface area contributed by atoms with E-state index in [0.717, 1.165) is 54.8 Å². The molecule has 0 atom stereocenters. The third kappa shape index (κ3) is 5.59. The van der Waals surface area contributed by atoms with Crippen molar-refractivity contribution >= 4 is 43.7 Å². The first kappa shape index (κ1) is 21.4. The normalized spacial score (nSPS) is 15.6. The molecule has 2 aromatic rings. The zero-order chi connectivity index (χ0) is 20.0. The topological polar surface area (TPSA) is 92.3 Å². The molecule has 2 aromatic heterocycles. The van der Waals surface area contributed by atoms with Crippen LogP contribution in [-0.2, 0) is 27.7 Å². The lowest BCUT2D eigenvalue weighted by Crippen LogP contribution is -2.35. The maximum absolute atomic E-state index is 12.7. The predicted molar refractivity (Wildman–Crippen MR) is 112 cm³/mol. The number of unbranched alkanes of at least 4 members (excludes halogenated alkanes) is 2. The van der Waals surface area contributed by atoms with Gasteiger partial charge in [-0.2, -0.15) is 4.31 Å². The Bertz CT molecular complexity index is 886. The van der Waals surface area contributed by atoms with Gasteiger partial charge in [-0.15, -0.1) is 21.5 Å². The monoisotopic (exact) mass is 442 g/mol. The van der Waals surface area contributed by atoms with Crippen molar-refractivity contribution < 1.29 is 13.2 Å². The van der Waals surface area contributed by atoms with E-state index >= 15 is 0 Å². The highest BCUT2D eigenvalue weighted by Gasteiger charge is 2.27. The number of thiophene rings is 1. The Hall–Kier alpha value is -1.36. The van der Waals surface area contributed by atoms with Crippen LogP contribution in [0.4, 0.5) is 5.13 Å². The molecular formula is C18H26N4O3S3. The second-order valence-electron chi connectivity index (χ2n) is 6.87. The summed E-state index contributed by atoms with van der Waals surface area (Å²) in [5.74, 6) is -0.208. The highest BCUT2D eigenvalue weighted by Crippen LogP contribution is 2.27. The second kappa shape index (κ2) is 9.91. The number of hydrogen-bond donors (Lipinski definition) is 1. The Morgan fingerprint density at radius 2 is 1.93 bits per heavy atom. The Balaban J connectivity index is 1.55. The number of rotatable bonds is 9. The molecule has 0 radical (unpaired) electrons. The highest BCUT2D eigenvalue weighted by atomic mass is 32.2. The first-order valence-electron chi connectivity index (χ1n) is 9.70. The molecule has 0 aliphatic carbocycles. The smallest absolute Gasteiger partial charge is 0.252 e. The van der Waals surface area contributed by atoms with E-state index in [1.54, 1.807) is 16.4 Å². The summed E-state index contributed by atoms with van der Waals surface area (Å²) in [5.41, 5.74) is 0. The van der Waals surface area contributed by atoms with E-state index in [2.05, 4.69) is 22.4 Å². The van der Waals surface area contributed by atoms with Gasteiger partial charge < -0.3 is 5.32 Å². The van der Waals surface area contributed by atoms with Crippen LogP contribution >= 0.6 is 22.7 Å². The lowest BCUT2D eigenvalue weighted by atomic mass is 10.2. The minimum Gasteiger partial charge on any atom is -0.300 e. The molecule has 1 N–H and O–H groups in total. The minimum atomic E-state index is -3.44. The number of amides is 1. The number of anilines is 1. The van der Waals surface area contributed by atoms with E-state index in [1.807, 2.05) is 0 Å². The van der Waals surface area contributed by atoms with E-state index in [9.17, 15) is 13.2 Å². The van der Waals surface area contributed by atoms with E-state index in [4.69, 9.17) is 0 Å². The van der Waals surface area contributed by atoms with Gasteiger partial charge in [0.1, 0.15) is 9.22 Å². The van der Waals surface area contributed by atoms with Crippen LogP contribution in [0.25, 0.3) is 0 Å². The van der Waals surface area contributed by atoms with Gasteiger partial charge in [0.15, 0.2) is 0 Å². The average Bonchev–Trinajstić information content (AvgIpc) is 3.33. The van der Waals surface area contributed by atoms with Crippen LogP contribution in [-0.4, -0.2) is 41.9 Å². The summed E-state index contributed by atoms with van der Waals surface area (Å²) in [6.07, 6.45) is 7.27. The SMILES string of the molecule is CCCCCc1nnc(NC(=O)Cc2ccc(S(=O)(=O)N3CCCCC3)s2)s1. The molecule has 3 heterocycles. The first-order chi connectivity index (χ1) is 13.5. The summed E-state index contributed by atoms with van der Waals surface area (Å²) >= 11 is 2.57. The molecule has 154 valence electrons. The van der Waals surface area contributed by atoms with Gasteiger partial charge >= 0.3 is 0 Å². The molecule has 1 amide bonds. The number of carbonyl (C=O) groups excluding carboxylic acids is 1. The van der Waals surface area contributed by atoms with Gasteiger partial charge in [-0.05, 0) is 31.4 Å². The Labute approximate surface area is 174 Å². The fraction of sp³-hybridized carbons (Fsp3) is 0.611. The molecule has 1 aliphatic heterocycles. The fourth-order valence-corrected chi connectivity index (χ4v) is 6.90. The van der Waals surface area contributed by atoms with E-state index in [0.29, 0.717) is 22.4 Å². The summed E-state index contributed by atoms with van der Waals surface area (Å²) in [4.78, 5) is 13.0. The molecule has 10 heteroatoms. The van der Waals surface area contributed by atoms with Crippen molar-refractivity contribution in [3.8, 4) is 0 Å². The summed E-state index contributed by atoms with van der Waals surface area (Å²) in [7, 11) is -3.44. The average molecular weight is 443 g/mol. The van der Waals surface area contributed by atoms with Crippen LogP contribution in [0.1, 0.15) is 55.3 Å². The molecular weight excluding hydrogens is 416 g/mol. The molecule has 3 rings (SSSR count). The molecule has 1 aliphatic rings. The number of aromatic nitrogens is 2. The van der Waals surface area contributed by atoms with Crippen LogP contribution < -0.4 is 5.32 Å². The third-order valence-corrected chi connectivity index (χ3v) is 8.94. The molecule has 0 aromatic carbocycles. The van der Waals surface area contributed by atoms with Crippen LogP contribution in [0.5, 0.6) is 0 Å². The summed E-state index contributed by atoms with van der Waals surface area (Å²) in [5, 5.41) is 12.3. The largest absolute Gasteiger partial charge is 0.300 e. The van der Waals surface area contributed by atoms with Crippen LogP contribution in [0.2, 0.25) is 0 Å². The Morgan fingerprint density at radius 1 is 1.14 bits per heavy atom. The zero-order valence-electron chi connectivity index (χ0n) is 16.0. The summed E-state index contributed by atoms with van der Waals surface area (Å²) in [6, 6.07) is 3.32. The molecule has 7 nitrogen and oxygen atoms in total. The number of sulfonamides is 1. The lowest BCUT2D eigenvalue weighted by Gasteiger charge is -2.25. The number of nitrogens with zero attached hydrogens (tertiary/aromatic N) is 3. The fourth-order valence-electron chi connectivity index (χ4n) is 3.08. The Morgan fingerprint density at radius 3 is 2.68 bits per heavy atom. The Kier molecular flexibility index (Phi) is 7.55. The van der Waals surface area contributed by atoms with Gasteiger partial charge in [0.25, 0.3) is 10.0 Å². The maximum Gasteiger partial charge on any atom is 0.252 e. The quantitative estimate of drug-likeness (QED) is 0.598. The summed E-state index contributed by atoms with van der Waals surface area (Å²) in [6.45, 7) is 3.31. The second-order valence-corrected chi connectivity index (χ2v) is 11.3. The van der Waals surface area contributed by atoms with Crippen molar-refractivity contribution in [2.24, 2.45) is 0 Å². The third-order valence-electron chi connectivity index (χ3n) is 4.59. The lowest BCUT2D eigenvalue weighted by molar-refractivity contribution is -0.115. The van der Waals surface area contributed by atoms with Crippen molar-refractivity contribution in [1.29, 1.82) is 0 Å². The molecule has 0 unspecified atom stereocenters. The van der Waals surface area contributed by atoms with Gasteiger partial charge in [0, 0.05) is 24.4 Å².